The molecule has 0 aliphatic carbocycles. The van der Waals surface area contributed by atoms with Gasteiger partial charge in [-0.2, -0.15) is 0 Å². The van der Waals surface area contributed by atoms with E-state index in [1.54, 1.807) is 6.26 Å². The molecule has 6 nitrogen and oxygen atoms in total. The van der Waals surface area contributed by atoms with Gasteiger partial charge in [-0.1, -0.05) is 12.1 Å². The smallest absolute Gasteiger partial charge is 0.224 e. The average molecular weight is 338 g/mol. The number of aromatic nitrogens is 2. The molecule has 1 atom stereocenters. The van der Waals surface area contributed by atoms with Crippen LogP contribution in [0, 0.1) is 5.92 Å². The number of carbonyl (C=O) groups excluding carboxylic acids is 1. The summed E-state index contributed by atoms with van der Waals surface area (Å²) >= 11 is 0. The lowest BCUT2D eigenvalue weighted by atomic mass is 9.97. The van der Waals surface area contributed by atoms with Crippen LogP contribution in [0.5, 0.6) is 0 Å². The summed E-state index contributed by atoms with van der Waals surface area (Å²) in [5.41, 5.74) is 1.99. The van der Waals surface area contributed by atoms with Gasteiger partial charge in [-0.25, -0.2) is 4.98 Å². The molecule has 4 rings (SSSR count). The first-order valence-corrected chi connectivity index (χ1v) is 8.79. The number of amides is 1. The van der Waals surface area contributed by atoms with Crippen molar-refractivity contribution in [2.75, 3.05) is 24.5 Å². The van der Waals surface area contributed by atoms with Crippen LogP contribution in [0.1, 0.15) is 18.6 Å². The highest BCUT2D eigenvalue weighted by Gasteiger charge is 2.27. The lowest BCUT2D eigenvalue weighted by Gasteiger charge is -2.31. The van der Waals surface area contributed by atoms with Gasteiger partial charge in [0.05, 0.1) is 23.2 Å². The molecule has 3 aromatic rings. The van der Waals surface area contributed by atoms with Crippen LogP contribution in [0.25, 0.3) is 11.0 Å². The molecule has 1 fully saturated rings. The summed E-state index contributed by atoms with van der Waals surface area (Å²) in [6.45, 7) is 2.23. The molecule has 0 saturated carbocycles. The van der Waals surface area contributed by atoms with Gasteiger partial charge in [0.2, 0.25) is 11.9 Å². The van der Waals surface area contributed by atoms with Crippen molar-refractivity contribution < 1.29 is 9.21 Å². The summed E-state index contributed by atoms with van der Waals surface area (Å²) in [5, 5.41) is 3.03. The van der Waals surface area contributed by atoms with E-state index in [9.17, 15) is 4.79 Å². The van der Waals surface area contributed by atoms with Gasteiger partial charge in [0, 0.05) is 26.1 Å². The van der Waals surface area contributed by atoms with Crippen molar-refractivity contribution in [2.24, 2.45) is 5.92 Å². The number of anilines is 1. The molecule has 130 valence electrons. The Kier molecular flexibility index (Phi) is 4.41. The highest BCUT2D eigenvalue weighted by Crippen LogP contribution is 2.23. The highest BCUT2D eigenvalue weighted by molar-refractivity contribution is 5.80. The standard InChI is InChI=1S/C19H22N4O2/c24-18(20-10-9-15-6-4-12-25-15)14-5-3-11-23(13-14)19-21-16-7-1-2-8-17(16)22-19/h1-2,4,6-8,12,14H,3,5,9-11,13H2,(H,20,24)(H,21,22). The van der Waals surface area contributed by atoms with Gasteiger partial charge < -0.3 is 19.6 Å². The molecule has 0 spiro atoms. The van der Waals surface area contributed by atoms with Gasteiger partial charge in [0.15, 0.2) is 0 Å². The van der Waals surface area contributed by atoms with Crippen LogP contribution in [0.4, 0.5) is 5.95 Å². The maximum Gasteiger partial charge on any atom is 0.224 e. The third-order valence-corrected chi connectivity index (χ3v) is 4.72. The van der Waals surface area contributed by atoms with Crippen molar-refractivity contribution in [1.29, 1.82) is 0 Å². The first-order chi connectivity index (χ1) is 12.3. The lowest BCUT2D eigenvalue weighted by Crippen LogP contribution is -2.43. The number of rotatable bonds is 5. The van der Waals surface area contributed by atoms with Crippen LogP contribution in [0.2, 0.25) is 0 Å². The van der Waals surface area contributed by atoms with Gasteiger partial charge in [-0.05, 0) is 37.1 Å². The van der Waals surface area contributed by atoms with Crippen LogP contribution < -0.4 is 10.2 Å². The normalized spacial score (nSPS) is 17.8. The van der Waals surface area contributed by atoms with Gasteiger partial charge in [0.25, 0.3) is 0 Å². The Morgan fingerprint density at radius 2 is 2.24 bits per heavy atom. The van der Waals surface area contributed by atoms with E-state index in [0.29, 0.717) is 13.1 Å². The van der Waals surface area contributed by atoms with Gasteiger partial charge >= 0.3 is 0 Å². The molecular weight excluding hydrogens is 316 g/mol. The molecule has 2 aromatic heterocycles. The Morgan fingerprint density at radius 1 is 1.32 bits per heavy atom. The number of hydrogen-bond donors (Lipinski definition) is 2. The Bertz CT molecular complexity index is 807. The zero-order valence-electron chi connectivity index (χ0n) is 14.1. The van der Waals surface area contributed by atoms with Crippen molar-refractivity contribution in [3.05, 3.63) is 48.4 Å². The fourth-order valence-corrected chi connectivity index (χ4v) is 3.38. The third-order valence-electron chi connectivity index (χ3n) is 4.72. The Labute approximate surface area is 146 Å². The SMILES string of the molecule is O=C(NCCc1ccco1)C1CCCN(c2nc3ccccc3[nH]2)C1. The topological polar surface area (TPSA) is 74.2 Å². The van der Waals surface area contributed by atoms with Crippen LogP contribution in [-0.2, 0) is 11.2 Å². The molecule has 2 N–H and O–H groups in total. The Balaban J connectivity index is 1.36. The number of nitrogens with zero attached hydrogens (tertiary/aromatic N) is 2. The summed E-state index contributed by atoms with van der Waals surface area (Å²) in [5.74, 6) is 1.87. The zero-order chi connectivity index (χ0) is 17.1. The van der Waals surface area contributed by atoms with Crippen LogP contribution in [0.3, 0.4) is 0 Å². The second-order valence-corrected chi connectivity index (χ2v) is 6.48. The Hall–Kier alpha value is -2.76. The molecule has 1 saturated heterocycles. The van der Waals surface area contributed by atoms with Crippen molar-refractivity contribution in [3.63, 3.8) is 0 Å². The summed E-state index contributed by atoms with van der Waals surface area (Å²) in [6, 6.07) is 11.8. The van der Waals surface area contributed by atoms with E-state index in [1.165, 1.54) is 0 Å². The second kappa shape index (κ2) is 7.01. The van der Waals surface area contributed by atoms with E-state index in [1.807, 2.05) is 36.4 Å². The number of piperidine rings is 1. The van der Waals surface area contributed by atoms with Crippen LogP contribution in [0.15, 0.2) is 47.1 Å². The van der Waals surface area contributed by atoms with E-state index in [2.05, 4.69) is 20.2 Å². The summed E-state index contributed by atoms with van der Waals surface area (Å²) in [4.78, 5) is 22.7. The van der Waals surface area contributed by atoms with E-state index < -0.39 is 0 Å². The molecule has 0 radical (unpaired) electrons. The van der Waals surface area contributed by atoms with Gasteiger partial charge in [-0.15, -0.1) is 0 Å². The molecule has 1 aliphatic heterocycles. The molecule has 0 bridgehead atoms. The van der Waals surface area contributed by atoms with Crippen LogP contribution in [-0.4, -0.2) is 35.5 Å². The Morgan fingerprint density at radius 3 is 3.08 bits per heavy atom. The maximum atomic E-state index is 12.5. The quantitative estimate of drug-likeness (QED) is 0.750. The predicted octanol–water partition coefficient (Wildman–Crippen LogP) is 2.73. The maximum absolute atomic E-state index is 12.5. The molecular formula is C19H22N4O2. The summed E-state index contributed by atoms with van der Waals surface area (Å²) < 4.78 is 5.29. The predicted molar refractivity (Wildman–Crippen MR) is 96.5 cm³/mol. The van der Waals surface area contributed by atoms with Crippen LogP contribution >= 0.6 is 0 Å². The number of hydrogen-bond acceptors (Lipinski definition) is 4. The highest BCUT2D eigenvalue weighted by atomic mass is 16.3. The summed E-state index contributed by atoms with van der Waals surface area (Å²) in [6.07, 6.45) is 4.29. The lowest BCUT2D eigenvalue weighted by molar-refractivity contribution is -0.125. The minimum absolute atomic E-state index is 0.00133. The number of H-pyrrole nitrogens is 1. The number of carbonyl (C=O) groups is 1. The largest absolute Gasteiger partial charge is 0.469 e. The average Bonchev–Trinajstić information content (AvgIpc) is 3.31. The number of nitrogens with one attached hydrogen (secondary N) is 2. The fourth-order valence-electron chi connectivity index (χ4n) is 3.38. The number of imidazole rings is 1. The summed E-state index contributed by atoms with van der Waals surface area (Å²) in [7, 11) is 0. The van der Waals surface area contributed by atoms with Crippen molar-refractivity contribution >= 4 is 22.9 Å². The van der Waals surface area contributed by atoms with E-state index in [4.69, 9.17) is 4.42 Å². The first kappa shape index (κ1) is 15.7. The number of benzene rings is 1. The molecule has 25 heavy (non-hydrogen) atoms. The van der Waals surface area contributed by atoms with Crippen molar-refractivity contribution in [3.8, 4) is 0 Å². The fraction of sp³-hybridized carbons (Fsp3) is 0.368. The third kappa shape index (κ3) is 3.52. The van der Waals surface area contributed by atoms with Gasteiger partial charge in [0.1, 0.15) is 5.76 Å². The minimum atomic E-state index is -0.00133. The second-order valence-electron chi connectivity index (χ2n) is 6.48. The molecule has 1 unspecified atom stereocenters. The van der Waals surface area contributed by atoms with Gasteiger partial charge in [-0.3, -0.25) is 4.79 Å². The molecule has 1 aliphatic rings. The van der Waals surface area contributed by atoms with E-state index >= 15 is 0 Å². The number of para-hydroxylation sites is 2. The minimum Gasteiger partial charge on any atom is -0.469 e. The zero-order valence-corrected chi connectivity index (χ0v) is 14.1. The van der Waals surface area contributed by atoms with E-state index in [0.717, 1.165) is 48.5 Å². The number of furan rings is 1. The van der Waals surface area contributed by atoms with Crippen molar-refractivity contribution in [1.82, 2.24) is 15.3 Å². The molecule has 6 heteroatoms. The number of fused-ring (bicyclic) bond motifs is 1. The first-order valence-electron chi connectivity index (χ1n) is 8.79. The molecule has 3 heterocycles. The molecule has 1 aromatic carbocycles. The monoisotopic (exact) mass is 338 g/mol. The van der Waals surface area contributed by atoms with E-state index in [-0.39, 0.29) is 11.8 Å². The number of aromatic amines is 1. The van der Waals surface area contributed by atoms with Crippen molar-refractivity contribution in [2.45, 2.75) is 19.3 Å². The molecule has 1 amide bonds.